The zero-order chi connectivity index (χ0) is 18.1. The number of hydrogen-bond acceptors (Lipinski definition) is 5. The van der Waals surface area contributed by atoms with Gasteiger partial charge in [0.1, 0.15) is 10.1 Å². The number of sulfonamides is 1. The Morgan fingerprint density at radius 3 is 2.50 bits per heavy atom. The Morgan fingerprint density at radius 2 is 2.00 bits per heavy atom. The fourth-order valence-corrected chi connectivity index (χ4v) is 3.10. The Hall–Kier alpha value is -1.85. The number of alkyl halides is 3. The molecule has 0 amide bonds. The van der Waals surface area contributed by atoms with Crippen molar-refractivity contribution in [2.24, 2.45) is 12.2 Å². The SMILES string of the molecule is Cc1nn(C)c(Sc2ccc(C(F)(F)F)cn2)c1/C=C/S(N)(=O)=O. The Morgan fingerprint density at radius 1 is 1.33 bits per heavy atom. The van der Waals surface area contributed by atoms with E-state index >= 15 is 0 Å². The van der Waals surface area contributed by atoms with Gasteiger partial charge in [-0.1, -0.05) is 0 Å². The molecule has 24 heavy (non-hydrogen) atoms. The molecule has 0 saturated carbocycles. The van der Waals surface area contributed by atoms with Crippen LogP contribution in [0.5, 0.6) is 0 Å². The van der Waals surface area contributed by atoms with Crippen molar-refractivity contribution in [1.82, 2.24) is 14.8 Å². The lowest BCUT2D eigenvalue weighted by atomic mass is 10.3. The van der Waals surface area contributed by atoms with Crippen molar-refractivity contribution in [2.45, 2.75) is 23.2 Å². The van der Waals surface area contributed by atoms with Gasteiger partial charge in [-0.15, -0.1) is 0 Å². The molecule has 0 aliphatic heterocycles. The highest BCUT2D eigenvalue weighted by Gasteiger charge is 2.30. The molecule has 2 aromatic rings. The van der Waals surface area contributed by atoms with E-state index in [1.54, 1.807) is 14.0 Å². The van der Waals surface area contributed by atoms with Crippen LogP contribution in [0.15, 0.2) is 33.8 Å². The first-order valence-electron chi connectivity index (χ1n) is 6.43. The molecule has 0 bridgehead atoms. The predicted molar refractivity (Wildman–Crippen MR) is 83.4 cm³/mol. The molecule has 6 nitrogen and oxygen atoms in total. The minimum absolute atomic E-state index is 0.316. The van der Waals surface area contributed by atoms with Gasteiger partial charge in [-0.05, 0) is 36.9 Å². The summed E-state index contributed by atoms with van der Waals surface area (Å²) in [5, 5.41) is 10.8. The minimum atomic E-state index is -4.46. The number of hydrogen-bond donors (Lipinski definition) is 1. The number of aromatic nitrogens is 3. The number of primary sulfonamides is 1. The summed E-state index contributed by atoms with van der Waals surface area (Å²) in [6, 6.07) is 2.17. The van der Waals surface area contributed by atoms with Crippen LogP contribution in [-0.4, -0.2) is 23.2 Å². The van der Waals surface area contributed by atoms with E-state index < -0.39 is 21.8 Å². The number of aryl methyl sites for hydroxylation is 2. The Kier molecular flexibility index (Phi) is 5.06. The summed E-state index contributed by atoms with van der Waals surface area (Å²) >= 11 is 1.07. The van der Waals surface area contributed by atoms with Crippen molar-refractivity contribution in [1.29, 1.82) is 0 Å². The van der Waals surface area contributed by atoms with Gasteiger partial charge in [-0.2, -0.15) is 18.3 Å². The molecule has 11 heteroatoms. The van der Waals surface area contributed by atoms with Gasteiger partial charge in [0.25, 0.3) is 0 Å². The van der Waals surface area contributed by atoms with E-state index in [-0.39, 0.29) is 0 Å². The van der Waals surface area contributed by atoms with Gasteiger partial charge in [-0.3, -0.25) is 4.68 Å². The highest BCUT2D eigenvalue weighted by atomic mass is 32.2. The fraction of sp³-hybridized carbons (Fsp3) is 0.231. The smallest absolute Gasteiger partial charge is 0.261 e. The van der Waals surface area contributed by atoms with Crippen molar-refractivity contribution in [3.8, 4) is 0 Å². The maximum atomic E-state index is 12.6. The molecule has 0 aromatic carbocycles. The van der Waals surface area contributed by atoms with Crippen molar-refractivity contribution in [2.75, 3.05) is 0 Å². The van der Waals surface area contributed by atoms with Gasteiger partial charge in [0.2, 0.25) is 10.0 Å². The molecule has 0 unspecified atom stereocenters. The second-order valence-electron chi connectivity index (χ2n) is 4.80. The van der Waals surface area contributed by atoms with Gasteiger partial charge in [0.05, 0.1) is 11.3 Å². The maximum absolute atomic E-state index is 12.6. The van der Waals surface area contributed by atoms with Crippen molar-refractivity contribution in [3.05, 3.63) is 40.6 Å². The monoisotopic (exact) mass is 378 g/mol. The molecule has 0 spiro atoms. The average molecular weight is 378 g/mol. The quantitative estimate of drug-likeness (QED) is 0.883. The van der Waals surface area contributed by atoms with E-state index in [1.807, 2.05) is 0 Å². The first-order valence-corrected chi connectivity index (χ1v) is 8.85. The largest absolute Gasteiger partial charge is 0.417 e. The molecule has 2 aromatic heterocycles. The van der Waals surface area contributed by atoms with E-state index in [4.69, 9.17) is 5.14 Å². The Bertz CT molecular complexity index is 872. The molecular formula is C13H13F3N4O2S2. The van der Waals surface area contributed by atoms with E-state index in [0.29, 0.717) is 21.3 Å². The normalized spacial score (nSPS) is 12.9. The number of nitrogens with zero attached hydrogens (tertiary/aromatic N) is 3. The Balaban J connectivity index is 2.35. The predicted octanol–water partition coefficient (Wildman–Crippen LogP) is 2.55. The van der Waals surface area contributed by atoms with Crippen LogP contribution in [0.3, 0.4) is 0 Å². The van der Waals surface area contributed by atoms with Crippen LogP contribution in [0.1, 0.15) is 16.8 Å². The second kappa shape index (κ2) is 6.57. The minimum Gasteiger partial charge on any atom is -0.261 e. The zero-order valence-corrected chi connectivity index (χ0v) is 14.2. The highest BCUT2D eigenvalue weighted by molar-refractivity contribution is 7.99. The lowest BCUT2D eigenvalue weighted by Crippen LogP contribution is -2.06. The lowest BCUT2D eigenvalue weighted by Gasteiger charge is -2.07. The molecule has 2 N–H and O–H groups in total. The van der Waals surface area contributed by atoms with Crippen LogP contribution in [0, 0.1) is 6.92 Å². The van der Waals surface area contributed by atoms with Crippen molar-refractivity contribution in [3.63, 3.8) is 0 Å². The van der Waals surface area contributed by atoms with E-state index in [0.717, 1.165) is 29.4 Å². The summed E-state index contributed by atoms with van der Waals surface area (Å²) in [6.45, 7) is 1.67. The first kappa shape index (κ1) is 18.5. The second-order valence-corrected chi connectivity index (χ2v) is 7.26. The molecule has 0 fully saturated rings. The summed E-state index contributed by atoms with van der Waals surface area (Å²) in [5.41, 5.74) is 0.201. The molecule has 2 rings (SSSR count). The summed E-state index contributed by atoms with van der Waals surface area (Å²) in [4.78, 5) is 3.78. The van der Waals surface area contributed by atoms with Gasteiger partial charge in [0, 0.05) is 24.2 Å². The van der Waals surface area contributed by atoms with Crippen LogP contribution in [-0.2, 0) is 23.2 Å². The van der Waals surface area contributed by atoms with Crippen LogP contribution >= 0.6 is 11.8 Å². The van der Waals surface area contributed by atoms with E-state index in [9.17, 15) is 21.6 Å². The summed E-state index contributed by atoms with van der Waals surface area (Å²) in [5.74, 6) is 0. The lowest BCUT2D eigenvalue weighted by molar-refractivity contribution is -0.137. The number of halogens is 3. The maximum Gasteiger partial charge on any atom is 0.417 e. The number of rotatable bonds is 4. The molecule has 0 aliphatic rings. The van der Waals surface area contributed by atoms with Crippen LogP contribution in [0.4, 0.5) is 13.2 Å². The van der Waals surface area contributed by atoms with E-state index in [1.165, 1.54) is 16.8 Å². The third-order valence-electron chi connectivity index (χ3n) is 2.90. The molecule has 0 saturated heterocycles. The van der Waals surface area contributed by atoms with Crippen molar-refractivity contribution >= 4 is 27.9 Å². The summed E-state index contributed by atoms with van der Waals surface area (Å²) < 4.78 is 61.3. The topological polar surface area (TPSA) is 90.9 Å². The van der Waals surface area contributed by atoms with E-state index in [2.05, 4.69) is 10.1 Å². The van der Waals surface area contributed by atoms with Crippen LogP contribution in [0.2, 0.25) is 0 Å². The molecular weight excluding hydrogens is 365 g/mol. The Labute approximate surface area is 140 Å². The fourth-order valence-electron chi connectivity index (χ4n) is 1.84. The van der Waals surface area contributed by atoms with Crippen LogP contribution in [0.25, 0.3) is 6.08 Å². The average Bonchev–Trinajstić information content (AvgIpc) is 2.70. The summed E-state index contributed by atoms with van der Waals surface area (Å²) in [7, 11) is -2.18. The van der Waals surface area contributed by atoms with Crippen molar-refractivity contribution < 1.29 is 21.6 Å². The van der Waals surface area contributed by atoms with Gasteiger partial charge in [0.15, 0.2) is 0 Å². The standard InChI is InChI=1S/C13H13F3N4O2S2/c1-8-10(5-6-24(17,21)22)12(20(2)19-8)23-11-4-3-9(7-18-11)13(14,15)16/h3-7H,1-2H3,(H2,17,21,22)/b6-5+. The molecule has 0 aliphatic carbocycles. The third kappa shape index (κ3) is 4.58. The van der Waals surface area contributed by atoms with Crippen LogP contribution < -0.4 is 5.14 Å². The molecule has 130 valence electrons. The summed E-state index contributed by atoms with van der Waals surface area (Å²) in [6.07, 6.45) is -2.42. The highest BCUT2D eigenvalue weighted by Crippen LogP contribution is 2.33. The number of pyridine rings is 1. The first-order chi connectivity index (χ1) is 11.0. The zero-order valence-electron chi connectivity index (χ0n) is 12.6. The number of nitrogens with two attached hydrogens (primary N) is 1. The molecule has 0 radical (unpaired) electrons. The molecule has 0 atom stereocenters. The third-order valence-corrected chi connectivity index (χ3v) is 4.55. The molecule has 2 heterocycles. The van der Waals surface area contributed by atoms with Gasteiger partial charge < -0.3 is 0 Å². The van der Waals surface area contributed by atoms with Gasteiger partial charge in [-0.25, -0.2) is 18.5 Å². The van der Waals surface area contributed by atoms with Gasteiger partial charge >= 0.3 is 6.18 Å².